The molecule has 2 aromatic rings. The molecule has 0 bridgehead atoms. The van der Waals surface area contributed by atoms with Crippen LogP contribution in [-0.2, 0) is 11.2 Å². The number of nitrogens with zero attached hydrogens (tertiary/aromatic N) is 2. The zero-order valence-electron chi connectivity index (χ0n) is 8.30. The molecule has 15 heavy (non-hydrogen) atoms. The highest BCUT2D eigenvalue weighted by molar-refractivity contribution is 7.15. The number of Topliss-reactive ketones (excluding diaryl/α,β-unsaturated/α-hetero) is 1. The molecule has 3 nitrogen and oxygen atoms in total. The number of thiazole rings is 1. The van der Waals surface area contributed by atoms with Crippen molar-refractivity contribution in [3.8, 4) is 10.6 Å². The highest BCUT2D eigenvalue weighted by atomic mass is 32.1. The smallest absolute Gasteiger partial charge is 0.135 e. The van der Waals surface area contributed by atoms with Gasteiger partial charge in [0.2, 0.25) is 0 Å². The first-order valence-electron chi connectivity index (χ1n) is 4.60. The molecule has 0 aliphatic rings. The summed E-state index contributed by atoms with van der Waals surface area (Å²) in [6, 6.07) is 3.83. The summed E-state index contributed by atoms with van der Waals surface area (Å²) in [7, 11) is 0. The fraction of sp³-hybridized carbons (Fsp3) is 0.182. The van der Waals surface area contributed by atoms with Crippen molar-refractivity contribution in [3.63, 3.8) is 0 Å². The first-order chi connectivity index (χ1) is 7.25. The molecule has 2 rings (SSSR count). The highest BCUT2D eigenvalue weighted by Crippen LogP contribution is 2.24. The van der Waals surface area contributed by atoms with Crippen LogP contribution in [-0.4, -0.2) is 15.8 Å². The maximum atomic E-state index is 10.9. The second-order valence-corrected chi connectivity index (χ2v) is 4.36. The lowest BCUT2D eigenvalue weighted by atomic mass is 10.3. The molecule has 0 aliphatic carbocycles. The van der Waals surface area contributed by atoms with E-state index in [9.17, 15) is 4.79 Å². The van der Waals surface area contributed by atoms with Crippen molar-refractivity contribution in [2.45, 2.75) is 13.3 Å². The number of carbonyl (C=O) groups is 1. The van der Waals surface area contributed by atoms with Gasteiger partial charge in [-0.3, -0.25) is 9.78 Å². The van der Waals surface area contributed by atoms with Crippen molar-refractivity contribution in [2.75, 3.05) is 0 Å². The van der Waals surface area contributed by atoms with E-state index in [1.165, 1.54) is 0 Å². The first-order valence-corrected chi connectivity index (χ1v) is 5.42. The zero-order chi connectivity index (χ0) is 10.7. The standard InChI is InChI=1S/C11H10N2OS/c1-8(14)6-10-7-13-11(15-10)9-2-4-12-5-3-9/h2-5,7H,6H2,1H3. The largest absolute Gasteiger partial charge is 0.300 e. The number of hydrogen-bond donors (Lipinski definition) is 0. The van der Waals surface area contributed by atoms with Crippen LogP contribution in [0.5, 0.6) is 0 Å². The Balaban J connectivity index is 2.24. The van der Waals surface area contributed by atoms with Crippen LogP contribution < -0.4 is 0 Å². The lowest BCUT2D eigenvalue weighted by Crippen LogP contribution is -1.92. The Morgan fingerprint density at radius 3 is 2.80 bits per heavy atom. The Morgan fingerprint density at radius 2 is 2.13 bits per heavy atom. The van der Waals surface area contributed by atoms with Gasteiger partial charge in [0.15, 0.2) is 0 Å². The second-order valence-electron chi connectivity index (χ2n) is 3.25. The third kappa shape index (κ3) is 2.47. The molecule has 2 aromatic heterocycles. The quantitative estimate of drug-likeness (QED) is 0.794. The summed E-state index contributed by atoms with van der Waals surface area (Å²) >= 11 is 1.55. The van der Waals surface area contributed by atoms with E-state index in [2.05, 4.69) is 9.97 Å². The number of rotatable bonds is 3. The van der Waals surface area contributed by atoms with Gasteiger partial charge in [-0.2, -0.15) is 0 Å². The van der Waals surface area contributed by atoms with Crippen LogP contribution in [0.15, 0.2) is 30.7 Å². The lowest BCUT2D eigenvalue weighted by Gasteiger charge is -1.92. The van der Waals surface area contributed by atoms with E-state index in [-0.39, 0.29) is 5.78 Å². The van der Waals surface area contributed by atoms with Crippen LogP contribution in [0.3, 0.4) is 0 Å². The van der Waals surface area contributed by atoms with Gasteiger partial charge in [0.05, 0.1) is 0 Å². The van der Waals surface area contributed by atoms with Crippen LogP contribution in [0, 0.1) is 0 Å². The average molecular weight is 218 g/mol. The lowest BCUT2D eigenvalue weighted by molar-refractivity contribution is -0.116. The van der Waals surface area contributed by atoms with Gasteiger partial charge >= 0.3 is 0 Å². The van der Waals surface area contributed by atoms with E-state index >= 15 is 0 Å². The van der Waals surface area contributed by atoms with Gasteiger partial charge in [-0.05, 0) is 19.1 Å². The van der Waals surface area contributed by atoms with Crippen molar-refractivity contribution in [2.24, 2.45) is 0 Å². The molecule has 0 fully saturated rings. The second kappa shape index (κ2) is 4.31. The Hall–Kier alpha value is -1.55. The maximum Gasteiger partial charge on any atom is 0.135 e. The molecule has 76 valence electrons. The van der Waals surface area contributed by atoms with Crippen LogP contribution in [0.25, 0.3) is 10.6 Å². The molecular weight excluding hydrogens is 208 g/mol. The molecule has 0 aliphatic heterocycles. The molecule has 2 heterocycles. The van der Waals surface area contributed by atoms with Crippen molar-refractivity contribution in [1.82, 2.24) is 9.97 Å². The summed E-state index contributed by atoms with van der Waals surface area (Å²) < 4.78 is 0. The predicted molar refractivity (Wildman–Crippen MR) is 59.7 cm³/mol. The van der Waals surface area contributed by atoms with Crippen molar-refractivity contribution in [3.05, 3.63) is 35.6 Å². The first kappa shape index (κ1) is 9.98. The fourth-order valence-electron chi connectivity index (χ4n) is 1.26. The molecule has 0 amide bonds. The highest BCUT2D eigenvalue weighted by Gasteiger charge is 2.05. The van der Waals surface area contributed by atoms with Gasteiger partial charge in [0.25, 0.3) is 0 Å². The molecule has 4 heteroatoms. The van der Waals surface area contributed by atoms with Crippen molar-refractivity contribution in [1.29, 1.82) is 0 Å². The molecule has 0 saturated carbocycles. The Kier molecular flexibility index (Phi) is 2.87. The van der Waals surface area contributed by atoms with E-state index in [0.717, 1.165) is 15.4 Å². The average Bonchev–Trinajstić information content (AvgIpc) is 2.67. The van der Waals surface area contributed by atoms with Gasteiger partial charge < -0.3 is 0 Å². The minimum atomic E-state index is 0.167. The van der Waals surface area contributed by atoms with Gasteiger partial charge in [-0.15, -0.1) is 11.3 Å². The molecule has 0 unspecified atom stereocenters. The molecule has 0 radical (unpaired) electrons. The van der Waals surface area contributed by atoms with Crippen LogP contribution in [0.2, 0.25) is 0 Å². The minimum Gasteiger partial charge on any atom is -0.300 e. The fourth-order valence-corrected chi connectivity index (χ4v) is 2.25. The van der Waals surface area contributed by atoms with Gasteiger partial charge in [-0.25, -0.2) is 4.98 Å². The molecule has 0 N–H and O–H groups in total. The van der Waals surface area contributed by atoms with E-state index in [1.807, 2.05) is 12.1 Å². The number of pyridine rings is 1. The Labute approximate surface area is 91.8 Å². The maximum absolute atomic E-state index is 10.9. The monoisotopic (exact) mass is 218 g/mol. The van der Waals surface area contributed by atoms with Crippen LogP contribution >= 0.6 is 11.3 Å². The Bertz CT molecular complexity index is 464. The SMILES string of the molecule is CC(=O)Cc1cnc(-c2ccncc2)s1. The van der Waals surface area contributed by atoms with E-state index in [0.29, 0.717) is 6.42 Å². The van der Waals surface area contributed by atoms with Crippen LogP contribution in [0.4, 0.5) is 0 Å². The van der Waals surface area contributed by atoms with Crippen molar-refractivity contribution < 1.29 is 4.79 Å². The van der Waals surface area contributed by atoms with E-state index < -0.39 is 0 Å². The van der Waals surface area contributed by atoms with Gasteiger partial charge in [-0.1, -0.05) is 0 Å². The summed E-state index contributed by atoms with van der Waals surface area (Å²) in [4.78, 5) is 20.2. The van der Waals surface area contributed by atoms with E-state index in [4.69, 9.17) is 0 Å². The summed E-state index contributed by atoms with van der Waals surface area (Å²) in [5.41, 5.74) is 1.05. The number of ketones is 1. The summed E-state index contributed by atoms with van der Waals surface area (Å²) in [6.07, 6.45) is 5.72. The summed E-state index contributed by atoms with van der Waals surface area (Å²) in [5.74, 6) is 0.167. The topological polar surface area (TPSA) is 42.9 Å². The Morgan fingerprint density at radius 1 is 1.40 bits per heavy atom. The molecular formula is C11H10N2OS. The summed E-state index contributed by atoms with van der Waals surface area (Å²) in [5, 5.41) is 0.939. The number of hydrogen-bond acceptors (Lipinski definition) is 4. The summed E-state index contributed by atoms with van der Waals surface area (Å²) in [6.45, 7) is 1.59. The molecule has 0 saturated heterocycles. The van der Waals surface area contributed by atoms with Crippen LogP contribution in [0.1, 0.15) is 11.8 Å². The number of aromatic nitrogens is 2. The number of carbonyl (C=O) groups excluding carboxylic acids is 1. The third-order valence-electron chi connectivity index (χ3n) is 1.90. The molecule has 0 aromatic carbocycles. The molecule has 0 spiro atoms. The minimum absolute atomic E-state index is 0.167. The zero-order valence-corrected chi connectivity index (χ0v) is 9.12. The molecule has 0 atom stereocenters. The normalized spacial score (nSPS) is 10.2. The van der Waals surface area contributed by atoms with Crippen molar-refractivity contribution >= 4 is 17.1 Å². The predicted octanol–water partition coefficient (Wildman–Crippen LogP) is 2.34. The van der Waals surface area contributed by atoms with E-state index in [1.54, 1.807) is 36.9 Å². The third-order valence-corrected chi connectivity index (χ3v) is 2.95. The van der Waals surface area contributed by atoms with Gasteiger partial charge in [0.1, 0.15) is 10.8 Å². The van der Waals surface area contributed by atoms with Gasteiger partial charge in [0, 0.05) is 35.5 Å².